The zero-order chi connectivity index (χ0) is 16.6. The second-order valence-electron chi connectivity index (χ2n) is 7.34. The predicted octanol–water partition coefficient (Wildman–Crippen LogP) is 3.30. The second-order valence-corrected chi connectivity index (χ2v) is 7.34. The number of rotatable bonds is 6. The Morgan fingerprint density at radius 1 is 1.35 bits per heavy atom. The Labute approximate surface area is 138 Å². The predicted molar refractivity (Wildman–Crippen MR) is 93.1 cm³/mol. The number of carbonyl (C=O) groups is 1. The van der Waals surface area contributed by atoms with Gasteiger partial charge < -0.3 is 15.8 Å². The maximum absolute atomic E-state index is 12.4. The van der Waals surface area contributed by atoms with E-state index in [4.69, 9.17) is 10.5 Å². The van der Waals surface area contributed by atoms with Crippen molar-refractivity contribution in [2.45, 2.75) is 70.8 Å². The van der Waals surface area contributed by atoms with Crippen molar-refractivity contribution in [2.24, 2.45) is 5.73 Å². The van der Waals surface area contributed by atoms with Crippen LogP contribution in [0.25, 0.3) is 0 Å². The van der Waals surface area contributed by atoms with Gasteiger partial charge in [0.25, 0.3) is 0 Å². The molecule has 1 unspecified atom stereocenters. The topological polar surface area (TPSA) is 64.3 Å². The van der Waals surface area contributed by atoms with Crippen LogP contribution in [0, 0.1) is 0 Å². The molecule has 1 amide bonds. The summed E-state index contributed by atoms with van der Waals surface area (Å²) in [6.07, 6.45) is 6.81. The minimum Gasteiger partial charge on any atom is -0.488 e. The molecule has 0 bridgehead atoms. The number of nitrogens with one attached hydrogen (secondary N) is 1. The number of fused-ring (bicyclic) bond motifs is 3. The number of hydrogen-bond donors (Lipinski definition) is 2. The van der Waals surface area contributed by atoms with Crippen molar-refractivity contribution in [1.82, 2.24) is 0 Å². The highest BCUT2D eigenvalue weighted by Gasteiger charge is 2.44. The lowest BCUT2D eigenvalue weighted by Crippen LogP contribution is -2.28. The first-order chi connectivity index (χ1) is 11.0. The van der Waals surface area contributed by atoms with E-state index in [0.717, 1.165) is 36.3 Å². The van der Waals surface area contributed by atoms with Gasteiger partial charge in [-0.3, -0.25) is 4.79 Å². The minimum absolute atomic E-state index is 0.0379. The average Bonchev–Trinajstić information content (AvgIpc) is 3.02. The lowest BCUT2D eigenvalue weighted by molar-refractivity contribution is -0.119. The van der Waals surface area contributed by atoms with Crippen LogP contribution in [0.15, 0.2) is 6.07 Å². The van der Waals surface area contributed by atoms with Crippen LogP contribution in [0.4, 0.5) is 5.69 Å². The van der Waals surface area contributed by atoms with Gasteiger partial charge >= 0.3 is 0 Å². The summed E-state index contributed by atoms with van der Waals surface area (Å²) >= 11 is 0. The Kier molecular flexibility index (Phi) is 4.37. The smallest absolute Gasteiger partial charge is 0.234 e. The summed E-state index contributed by atoms with van der Waals surface area (Å²) in [5.41, 5.74) is 9.77. The summed E-state index contributed by atoms with van der Waals surface area (Å²) in [6.45, 7) is 6.69. The van der Waals surface area contributed by atoms with Crippen LogP contribution in [-0.4, -0.2) is 18.6 Å². The summed E-state index contributed by atoms with van der Waals surface area (Å²) < 4.78 is 6.06. The Hall–Kier alpha value is -1.55. The maximum atomic E-state index is 12.4. The summed E-state index contributed by atoms with van der Waals surface area (Å²) in [4.78, 5) is 12.4. The van der Waals surface area contributed by atoms with Crippen LogP contribution >= 0.6 is 0 Å². The maximum Gasteiger partial charge on any atom is 0.234 e. The highest BCUT2D eigenvalue weighted by atomic mass is 16.5. The van der Waals surface area contributed by atoms with Crippen LogP contribution in [0.2, 0.25) is 0 Å². The quantitative estimate of drug-likeness (QED) is 0.791. The third-order valence-corrected chi connectivity index (χ3v) is 5.16. The number of carbonyl (C=O) groups excluding carboxylic acids is 1. The van der Waals surface area contributed by atoms with E-state index in [-0.39, 0.29) is 12.0 Å². The highest BCUT2D eigenvalue weighted by molar-refractivity contribution is 6.07. The largest absolute Gasteiger partial charge is 0.488 e. The van der Waals surface area contributed by atoms with Crippen molar-refractivity contribution < 1.29 is 9.53 Å². The van der Waals surface area contributed by atoms with Crippen molar-refractivity contribution in [1.29, 1.82) is 0 Å². The average molecular weight is 316 g/mol. The lowest BCUT2D eigenvalue weighted by atomic mass is 9.83. The normalized spacial score (nSPS) is 20.9. The van der Waals surface area contributed by atoms with Crippen molar-refractivity contribution in [2.75, 3.05) is 11.9 Å². The van der Waals surface area contributed by atoms with Gasteiger partial charge in [-0.15, -0.1) is 0 Å². The monoisotopic (exact) mass is 316 g/mol. The molecule has 3 N–H and O–H groups in total. The fraction of sp³-hybridized carbons (Fsp3) is 0.632. The van der Waals surface area contributed by atoms with E-state index in [1.54, 1.807) is 0 Å². The van der Waals surface area contributed by atoms with E-state index in [1.165, 1.54) is 30.4 Å². The standard InChI is InChI=1S/C19H28N2O2/c1-4-5-6-7-8-12-9-13-10-14(11-20)23-17(13)15-16(12)21-18(22)19(15,2)3/h9,14H,4-8,10-11,20H2,1-3H3,(H,21,22). The SMILES string of the molecule is CCCCCCc1cc2c(c3c1NC(=O)C3(C)C)OC(CN)C2. The van der Waals surface area contributed by atoms with Crippen molar-refractivity contribution >= 4 is 11.6 Å². The van der Waals surface area contributed by atoms with Gasteiger partial charge in [0.05, 0.1) is 11.1 Å². The third-order valence-electron chi connectivity index (χ3n) is 5.16. The molecule has 0 radical (unpaired) electrons. The Morgan fingerprint density at radius 2 is 2.13 bits per heavy atom. The molecule has 0 aromatic heterocycles. The molecule has 23 heavy (non-hydrogen) atoms. The molecule has 0 saturated carbocycles. The van der Waals surface area contributed by atoms with Gasteiger partial charge in [-0.1, -0.05) is 26.2 Å². The first kappa shape index (κ1) is 16.3. The molecular weight excluding hydrogens is 288 g/mol. The van der Waals surface area contributed by atoms with E-state index in [9.17, 15) is 4.79 Å². The molecule has 0 spiro atoms. The number of hydrogen-bond acceptors (Lipinski definition) is 3. The van der Waals surface area contributed by atoms with E-state index in [2.05, 4.69) is 18.3 Å². The first-order valence-electron chi connectivity index (χ1n) is 8.86. The summed E-state index contributed by atoms with van der Waals surface area (Å²) in [5.74, 6) is 0.964. The van der Waals surface area contributed by atoms with Gasteiger partial charge in [-0.25, -0.2) is 0 Å². The van der Waals surface area contributed by atoms with Crippen molar-refractivity contribution in [3.8, 4) is 5.75 Å². The van der Waals surface area contributed by atoms with E-state index in [1.807, 2.05) is 13.8 Å². The molecule has 126 valence electrons. The van der Waals surface area contributed by atoms with Crippen LogP contribution in [0.3, 0.4) is 0 Å². The number of amides is 1. The summed E-state index contributed by atoms with van der Waals surface area (Å²) in [5, 5.41) is 3.11. The zero-order valence-electron chi connectivity index (χ0n) is 14.5. The summed E-state index contributed by atoms with van der Waals surface area (Å²) in [7, 11) is 0. The fourth-order valence-electron chi connectivity index (χ4n) is 3.72. The van der Waals surface area contributed by atoms with Gasteiger partial charge in [0.15, 0.2) is 0 Å². The van der Waals surface area contributed by atoms with Gasteiger partial charge in [-0.2, -0.15) is 0 Å². The van der Waals surface area contributed by atoms with Gasteiger partial charge in [0.1, 0.15) is 11.9 Å². The van der Waals surface area contributed by atoms with Gasteiger partial charge in [0.2, 0.25) is 5.91 Å². The third kappa shape index (κ3) is 2.74. The Balaban J connectivity index is 1.97. The number of benzene rings is 1. The van der Waals surface area contributed by atoms with Crippen LogP contribution in [0.1, 0.15) is 63.1 Å². The van der Waals surface area contributed by atoms with Crippen LogP contribution in [0.5, 0.6) is 5.75 Å². The molecule has 4 nitrogen and oxygen atoms in total. The van der Waals surface area contributed by atoms with E-state index in [0.29, 0.717) is 6.54 Å². The van der Waals surface area contributed by atoms with Gasteiger partial charge in [-0.05, 0) is 43.9 Å². The first-order valence-corrected chi connectivity index (χ1v) is 8.86. The molecule has 3 rings (SSSR count). The van der Waals surface area contributed by atoms with Gasteiger partial charge in [0, 0.05) is 18.5 Å². The van der Waals surface area contributed by atoms with Crippen molar-refractivity contribution in [3.63, 3.8) is 0 Å². The molecule has 2 heterocycles. The molecule has 1 aromatic carbocycles. The molecule has 4 heteroatoms. The van der Waals surface area contributed by atoms with Crippen LogP contribution in [-0.2, 0) is 23.1 Å². The number of aryl methyl sites for hydroxylation is 1. The minimum atomic E-state index is -0.539. The Bertz CT molecular complexity index is 622. The second kappa shape index (κ2) is 6.16. The molecule has 1 aromatic rings. The molecule has 0 saturated heterocycles. The van der Waals surface area contributed by atoms with Crippen LogP contribution < -0.4 is 15.8 Å². The fourth-order valence-corrected chi connectivity index (χ4v) is 3.72. The van der Waals surface area contributed by atoms with E-state index >= 15 is 0 Å². The highest BCUT2D eigenvalue weighted by Crippen LogP contribution is 2.49. The number of nitrogens with two attached hydrogens (primary N) is 1. The molecule has 0 fully saturated rings. The molecular formula is C19H28N2O2. The summed E-state index contributed by atoms with van der Waals surface area (Å²) in [6, 6.07) is 2.23. The van der Waals surface area contributed by atoms with E-state index < -0.39 is 5.41 Å². The van der Waals surface area contributed by atoms with Crippen molar-refractivity contribution in [3.05, 3.63) is 22.8 Å². The zero-order valence-corrected chi connectivity index (χ0v) is 14.5. The number of anilines is 1. The number of ether oxygens (including phenoxy) is 1. The number of unbranched alkanes of at least 4 members (excludes halogenated alkanes) is 3. The Morgan fingerprint density at radius 3 is 2.83 bits per heavy atom. The molecule has 2 aliphatic rings. The molecule has 0 aliphatic carbocycles. The molecule has 1 atom stereocenters. The molecule has 2 aliphatic heterocycles. The lowest BCUT2D eigenvalue weighted by Gasteiger charge is -2.20.